The van der Waals surface area contributed by atoms with Crippen molar-refractivity contribution >= 4 is 28.9 Å². The minimum atomic E-state index is -4.89. The number of carbonyl (C=O) groups is 1. The van der Waals surface area contributed by atoms with Crippen LogP contribution in [0.1, 0.15) is 37.6 Å². The Morgan fingerprint density at radius 3 is 2.21 bits per heavy atom. The number of benzene rings is 1. The molecule has 2 aromatic rings. The van der Waals surface area contributed by atoms with Gasteiger partial charge < -0.3 is 10.3 Å². The summed E-state index contributed by atoms with van der Waals surface area (Å²) in [6.07, 6.45) is -3.75. The second-order valence-corrected chi connectivity index (χ2v) is 9.59. The average Bonchev–Trinajstić information content (AvgIpc) is 2.57. The highest BCUT2D eigenvalue weighted by atomic mass is 35.5. The lowest BCUT2D eigenvalue weighted by Crippen LogP contribution is -2.59. The molecule has 0 saturated carbocycles. The van der Waals surface area contributed by atoms with Crippen LogP contribution < -0.4 is 10.5 Å². The van der Waals surface area contributed by atoms with Crippen molar-refractivity contribution in [1.82, 2.24) is 9.71 Å². The third-order valence-electron chi connectivity index (χ3n) is 3.94. The zero-order valence-electron chi connectivity index (χ0n) is 15.6. The fourth-order valence-corrected chi connectivity index (χ4v) is 3.46. The molecule has 0 radical (unpaired) electrons. The van der Waals surface area contributed by atoms with Crippen LogP contribution in [0.15, 0.2) is 36.5 Å². The van der Waals surface area contributed by atoms with E-state index in [9.17, 15) is 26.9 Å². The Hall–Kier alpha value is -1.88. The predicted molar refractivity (Wildman–Crippen MR) is 102 cm³/mol. The molecule has 3 N–H and O–H groups in total. The Morgan fingerprint density at radius 2 is 1.76 bits per heavy atom. The minimum Gasteiger partial charge on any atom is -0.598 e. The Labute approximate surface area is 173 Å². The number of carbonyl (C=O) groups excluding carboxylic acids is 1. The van der Waals surface area contributed by atoms with Crippen LogP contribution in [0.2, 0.25) is 5.02 Å². The number of aromatic nitrogens is 1. The van der Waals surface area contributed by atoms with Crippen molar-refractivity contribution in [2.45, 2.75) is 37.2 Å². The van der Waals surface area contributed by atoms with Gasteiger partial charge in [0.1, 0.15) is 10.6 Å². The fraction of sp³-hybridized carbons (Fsp3) is 0.333. The smallest absolute Gasteiger partial charge is 0.416 e. The topological polar surface area (TPSA) is 91.1 Å². The van der Waals surface area contributed by atoms with Crippen LogP contribution >= 0.6 is 11.6 Å². The first-order valence-electron chi connectivity index (χ1n) is 8.18. The van der Waals surface area contributed by atoms with Crippen molar-refractivity contribution < 1.29 is 26.9 Å². The second kappa shape index (κ2) is 8.10. The maximum Gasteiger partial charge on any atom is 0.416 e. The van der Waals surface area contributed by atoms with E-state index in [4.69, 9.17) is 17.3 Å². The second-order valence-electron chi connectivity index (χ2n) is 7.19. The summed E-state index contributed by atoms with van der Waals surface area (Å²) in [5.74, 6) is -2.47. The van der Waals surface area contributed by atoms with Gasteiger partial charge in [-0.05, 0) is 56.7 Å². The van der Waals surface area contributed by atoms with Crippen molar-refractivity contribution in [2.75, 3.05) is 0 Å². The number of nitrogens with one attached hydrogen (secondary N) is 1. The summed E-state index contributed by atoms with van der Waals surface area (Å²) >= 11 is 3.81. The van der Waals surface area contributed by atoms with E-state index in [0.29, 0.717) is 12.1 Å². The van der Waals surface area contributed by atoms with E-state index in [0.717, 1.165) is 6.20 Å². The van der Waals surface area contributed by atoms with Gasteiger partial charge in [0, 0.05) is 17.6 Å². The van der Waals surface area contributed by atoms with E-state index >= 15 is 0 Å². The summed E-state index contributed by atoms with van der Waals surface area (Å²) < 4.78 is 68.2. The molecule has 2 rings (SSSR count). The van der Waals surface area contributed by atoms with Crippen LogP contribution in [0.3, 0.4) is 0 Å². The lowest BCUT2D eigenvalue weighted by molar-refractivity contribution is -0.138. The summed E-state index contributed by atoms with van der Waals surface area (Å²) in [5.41, 5.74) is 1.23. The highest BCUT2D eigenvalue weighted by Gasteiger charge is 2.49. The van der Waals surface area contributed by atoms with E-state index < -0.39 is 50.7 Å². The maximum atomic E-state index is 14.1. The molecule has 0 spiro atoms. The van der Waals surface area contributed by atoms with E-state index in [1.165, 1.54) is 12.1 Å². The van der Waals surface area contributed by atoms with Crippen LogP contribution in [-0.2, 0) is 27.9 Å². The largest absolute Gasteiger partial charge is 0.598 e. The van der Waals surface area contributed by atoms with Gasteiger partial charge in [-0.2, -0.15) is 13.2 Å². The van der Waals surface area contributed by atoms with Crippen molar-refractivity contribution in [3.05, 3.63) is 64.2 Å². The molecule has 0 bridgehead atoms. The Kier molecular flexibility index (Phi) is 6.53. The van der Waals surface area contributed by atoms with E-state index in [1.54, 1.807) is 20.8 Å². The molecule has 0 aliphatic rings. The number of nitrogens with two attached hydrogens (primary N) is 1. The maximum absolute atomic E-state index is 14.1. The van der Waals surface area contributed by atoms with Gasteiger partial charge in [-0.25, -0.2) is 4.39 Å². The van der Waals surface area contributed by atoms with Gasteiger partial charge >= 0.3 is 6.18 Å². The van der Waals surface area contributed by atoms with Gasteiger partial charge in [0.05, 0.1) is 16.3 Å². The summed E-state index contributed by atoms with van der Waals surface area (Å²) in [6, 6.07) is 4.12. The Bertz CT molecular complexity index is 903. The van der Waals surface area contributed by atoms with Gasteiger partial charge in [0.2, 0.25) is 5.54 Å². The molecule has 1 amide bonds. The highest BCUT2D eigenvalue weighted by Crippen LogP contribution is 2.37. The van der Waals surface area contributed by atoms with Crippen molar-refractivity contribution in [1.29, 1.82) is 0 Å². The zero-order chi connectivity index (χ0) is 22.2. The van der Waals surface area contributed by atoms with Crippen LogP contribution in [0.4, 0.5) is 17.6 Å². The molecule has 158 valence electrons. The van der Waals surface area contributed by atoms with E-state index in [1.807, 2.05) is 0 Å². The van der Waals surface area contributed by atoms with Crippen LogP contribution in [0.5, 0.6) is 0 Å². The monoisotopic (exact) mass is 451 g/mol. The SMILES string of the molecule is CC(C)(C)[S+]([O-])N[C@@](C(N)=O)(c1cc(F)cc(C(F)(F)F)c1)c1ccc(Cl)cn1. The molecule has 0 aliphatic heterocycles. The van der Waals surface area contributed by atoms with Crippen LogP contribution in [0.25, 0.3) is 0 Å². The number of alkyl halides is 3. The number of hydrogen-bond donors (Lipinski definition) is 2. The summed E-state index contributed by atoms with van der Waals surface area (Å²) in [7, 11) is 0. The first kappa shape index (κ1) is 23.4. The number of pyridine rings is 1. The third kappa shape index (κ3) is 5.00. The molecule has 0 saturated heterocycles. The molecule has 1 aromatic carbocycles. The fourth-order valence-electron chi connectivity index (χ4n) is 2.44. The Morgan fingerprint density at radius 1 is 1.17 bits per heavy atom. The molecule has 1 heterocycles. The molecule has 0 aliphatic carbocycles. The van der Waals surface area contributed by atoms with Crippen LogP contribution in [-0.4, -0.2) is 20.2 Å². The first-order chi connectivity index (χ1) is 13.2. The predicted octanol–water partition coefficient (Wildman–Crippen LogP) is 3.67. The molecule has 2 atom stereocenters. The van der Waals surface area contributed by atoms with Gasteiger partial charge in [-0.1, -0.05) is 11.6 Å². The standard InChI is InChI=1S/C18H18ClF4N3O2S/c1-16(2,3)29(28)26-17(15(24)27,14-5-4-12(19)9-25-14)10-6-11(18(21,22)23)8-13(20)7-10/h4-9,26H,1-3H3,(H2,24,27)/t17-,29?/m0/s1. The molecule has 1 unspecified atom stereocenters. The zero-order valence-corrected chi connectivity index (χ0v) is 17.2. The Balaban J connectivity index is 2.84. The molecule has 1 aromatic heterocycles. The number of rotatable bonds is 5. The lowest BCUT2D eigenvalue weighted by Gasteiger charge is -2.35. The van der Waals surface area contributed by atoms with Crippen molar-refractivity contribution in [3.63, 3.8) is 0 Å². The van der Waals surface area contributed by atoms with Crippen molar-refractivity contribution in [2.24, 2.45) is 5.73 Å². The summed E-state index contributed by atoms with van der Waals surface area (Å²) in [4.78, 5) is 16.6. The molecule has 11 heteroatoms. The van der Waals surface area contributed by atoms with E-state index in [2.05, 4.69) is 9.71 Å². The normalized spacial score (nSPS) is 15.6. The van der Waals surface area contributed by atoms with Gasteiger partial charge in [-0.15, -0.1) is 4.72 Å². The molecule has 29 heavy (non-hydrogen) atoms. The van der Waals surface area contributed by atoms with Gasteiger partial charge in [-0.3, -0.25) is 9.78 Å². The first-order valence-corrected chi connectivity index (χ1v) is 9.70. The molecule has 0 fully saturated rings. The lowest BCUT2D eigenvalue weighted by atomic mass is 9.85. The van der Waals surface area contributed by atoms with Crippen molar-refractivity contribution in [3.8, 4) is 0 Å². The quantitative estimate of drug-likeness (QED) is 0.536. The summed E-state index contributed by atoms with van der Waals surface area (Å²) in [6.45, 7) is 4.72. The number of amides is 1. The summed E-state index contributed by atoms with van der Waals surface area (Å²) in [5, 5.41) is 0.180. The van der Waals surface area contributed by atoms with Gasteiger partial charge in [0.25, 0.3) is 5.91 Å². The highest BCUT2D eigenvalue weighted by molar-refractivity contribution is 7.90. The number of halogens is 5. The molecular weight excluding hydrogens is 434 g/mol. The minimum absolute atomic E-state index is 0.180. The molecule has 5 nitrogen and oxygen atoms in total. The number of primary amides is 1. The third-order valence-corrected chi connectivity index (χ3v) is 5.77. The number of nitrogens with zero attached hydrogens (tertiary/aromatic N) is 1. The van der Waals surface area contributed by atoms with Gasteiger partial charge in [0.15, 0.2) is 0 Å². The van der Waals surface area contributed by atoms with E-state index in [-0.39, 0.29) is 16.8 Å². The van der Waals surface area contributed by atoms with Crippen LogP contribution in [0, 0.1) is 5.82 Å². The molecular formula is C18H18ClF4N3O2S. The number of hydrogen-bond acceptors (Lipinski definition) is 4. The average molecular weight is 452 g/mol.